The molecule has 0 radical (unpaired) electrons. The molecule has 0 aromatic heterocycles. The number of hydrogen-bond donors (Lipinski definition) is 0. The van der Waals surface area contributed by atoms with Gasteiger partial charge in [-0.05, 0) is 85.3 Å². The van der Waals surface area contributed by atoms with Crippen LogP contribution in [-0.2, 0) is 17.6 Å². The van der Waals surface area contributed by atoms with Crippen molar-refractivity contribution in [3.8, 4) is 0 Å². The Kier molecular flexibility index (Phi) is 9.40. The summed E-state index contributed by atoms with van der Waals surface area (Å²) < 4.78 is 0. The van der Waals surface area contributed by atoms with Gasteiger partial charge in [-0.2, -0.15) is 0 Å². The van der Waals surface area contributed by atoms with Crippen molar-refractivity contribution in [3.63, 3.8) is 0 Å². The maximum Gasteiger partial charge on any atom is 0.0231 e. The lowest BCUT2D eigenvalue weighted by Gasteiger charge is -2.26. The topological polar surface area (TPSA) is 0 Å². The molecule has 0 saturated carbocycles. The summed E-state index contributed by atoms with van der Waals surface area (Å²) in [5.41, 5.74) is 8.24. The van der Waals surface area contributed by atoms with Gasteiger partial charge in [0.25, 0.3) is 0 Å². The van der Waals surface area contributed by atoms with Crippen molar-refractivity contribution in [1.82, 2.24) is 0 Å². The lowest BCUT2D eigenvalue weighted by atomic mass is 9.77. The second-order valence-electron chi connectivity index (χ2n) is 10.2. The first-order valence-electron chi connectivity index (χ1n) is 13.2. The summed E-state index contributed by atoms with van der Waals surface area (Å²) in [6, 6.07) is 36.1. The van der Waals surface area contributed by atoms with Gasteiger partial charge in [0.15, 0.2) is 0 Å². The monoisotopic (exact) mass is 522 g/mol. The minimum Gasteiger partial charge on any atom is -0.121 e. The van der Waals surface area contributed by atoms with Gasteiger partial charge < -0.3 is 0 Å². The molecule has 0 atom stereocenters. The van der Waals surface area contributed by atoms with Crippen molar-refractivity contribution in [2.24, 2.45) is 0 Å². The normalized spacial score (nSPS) is 12.1. The number of allylic oxidation sites excluding steroid dienone is 2. The van der Waals surface area contributed by atoms with Gasteiger partial charge in [-0.1, -0.05) is 110 Å². The number of thioether (sulfide) groups is 1. The third-order valence-corrected chi connectivity index (χ3v) is 9.23. The van der Waals surface area contributed by atoms with E-state index < -0.39 is 0 Å². The Bertz CT molecular complexity index is 1290. The van der Waals surface area contributed by atoms with Gasteiger partial charge in [-0.15, -0.1) is 11.8 Å². The van der Waals surface area contributed by atoms with Crippen LogP contribution in [0.15, 0.2) is 123 Å². The molecule has 0 bridgehead atoms. The second-order valence-corrected chi connectivity index (χ2v) is 12.4. The zero-order chi connectivity index (χ0) is 26.3. The molecule has 0 aliphatic carbocycles. The Hall–Kier alpha value is -2.68. The van der Waals surface area contributed by atoms with Gasteiger partial charge in [0.2, 0.25) is 0 Å². The van der Waals surface area contributed by atoms with E-state index in [9.17, 15) is 0 Å². The second kappa shape index (κ2) is 12.7. The first-order valence-corrected chi connectivity index (χ1v) is 15.0. The van der Waals surface area contributed by atoms with E-state index in [1.54, 1.807) is 0 Å². The van der Waals surface area contributed by atoms with Crippen LogP contribution in [0.1, 0.15) is 61.9 Å². The quantitative estimate of drug-likeness (QED) is 0.150. The third-order valence-electron chi connectivity index (χ3n) is 7.13. The van der Waals surface area contributed by atoms with E-state index in [1.807, 2.05) is 23.5 Å². The molecule has 0 heterocycles. The summed E-state index contributed by atoms with van der Waals surface area (Å²) in [6.07, 6.45) is 4.42. The SMILES string of the molecule is C/C=C(\CC)Cc1ccc(C(C)(C)c2ccc(CSc3ccc(Sc4ccc(C)cc4)cc3)cc2)cc1. The van der Waals surface area contributed by atoms with Crippen LogP contribution in [0.4, 0.5) is 0 Å². The molecule has 0 fully saturated rings. The van der Waals surface area contributed by atoms with E-state index in [4.69, 9.17) is 0 Å². The van der Waals surface area contributed by atoms with E-state index in [0.29, 0.717) is 0 Å². The smallest absolute Gasteiger partial charge is 0.0231 e. The molecule has 190 valence electrons. The molecule has 4 aromatic carbocycles. The summed E-state index contributed by atoms with van der Waals surface area (Å²) in [5, 5.41) is 0. The van der Waals surface area contributed by atoms with E-state index in [1.165, 1.54) is 48.1 Å². The van der Waals surface area contributed by atoms with Crippen LogP contribution in [0, 0.1) is 6.92 Å². The van der Waals surface area contributed by atoms with Gasteiger partial charge in [0.1, 0.15) is 0 Å². The molecule has 0 aliphatic heterocycles. The van der Waals surface area contributed by atoms with Crippen LogP contribution in [-0.4, -0.2) is 0 Å². The van der Waals surface area contributed by atoms with Crippen LogP contribution in [0.25, 0.3) is 0 Å². The standard InChI is InChI=1S/C35H38S2/c1-6-27(7-2)24-28-10-14-30(15-11-28)35(4,5)31-16-12-29(13-17-31)25-36-32-20-22-34(23-21-32)37-33-18-8-26(3)9-19-33/h6,8-23H,7,24-25H2,1-5H3/b27-6+. The fourth-order valence-electron chi connectivity index (χ4n) is 4.43. The molecule has 0 N–H and O–H groups in total. The van der Waals surface area contributed by atoms with E-state index in [0.717, 1.165) is 18.6 Å². The number of benzene rings is 4. The first-order chi connectivity index (χ1) is 17.9. The number of rotatable bonds is 10. The lowest BCUT2D eigenvalue weighted by molar-refractivity contribution is 0.640. The highest BCUT2D eigenvalue weighted by atomic mass is 32.2. The summed E-state index contributed by atoms with van der Waals surface area (Å²) in [7, 11) is 0. The van der Waals surface area contributed by atoms with Gasteiger partial charge in [-0.3, -0.25) is 0 Å². The fraction of sp³-hybridized carbons (Fsp3) is 0.257. The zero-order valence-corrected chi connectivity index (χ0v) is 24.4. The fourth-order valence-corrected chi connectivity index (χ4v) is 6.10. The highest BCUT2D eigenvalue weighted by Crippen LogP contribution is 2.34. The largest absolute Gasteiger partial charge is 0.121 e. The molecular formula is C35H38S2. The number of hydrogen-bond acceptors (Lipinski definition) is 2. The van der Waals surface area contributed by atoms with Crippen LogP contribution in [0.5, 0.6) is 0 Å². The van der Waals surface area contributed by atoms with Gasteiger partial charge in [0.05, 0.1) is 0 Å². The Morgan fingerprint density at radius 1 is 0.676 bits per heavy atom. The maximum atomic E-state index is 2.32. The van der Waals surface area contributed by atoms with Crippen molar-refractivity contribution in [2.45, 2.75) is 73.3 Å². The van der Waals surface area contributed by atoms with E-state index in [-0.39, 0.29) is 5.41 Å². The third kappa shape index (κ3) is 7.43. The summed E-state index contributed by atoms with van der Waals surface area (Å²) in [4.78, 5) is 3.87. The van der Waals surface area contributed by atoms with Crippen LogP contribution in [0.2, 0.25) is 0 Å². The number of aryl methyl sites for hydroxylation is 1. The van der Waals surface area contributed by atoms with Crippen molar-refractivity contribution in [2.75, 3.05) is 0 Å². The maximum absolute atomic E-state index is 2.32. The summed E-state index contributed by atoms with van der Waals surface area (Å²) >= 11 is 3.71. The predicted molar refractivity (Wildman–Crippen MR) is 164 cm³/mol. The average Bonchev–Trinajstić information content (AvgIpc) is 2.93. The Labute approximate surface area is 232 Å². The lowest BCUT2D eigenvalue weighted by Crippen LogP contribution is -2.18. The Balaban J connectivity index is 1.34. The molecule has 0 aliphatic rings. The molecule has 0 spiro atoms. The van der Waals surface area contributed by atoms with E-state index in [2.05, 4.69) is 138 Å². The molecule has 0 unspecified atom stereocenters. The molecule has 4 aromatic rings. The molecule has 0 amide bonds. The minimum absolute atomic E-state index is 0.0245. The molecular weight excluding hydrogens is 485 g/mol. The summed E-state index contributed by atoms with van der Waals surface area (Å²) in [5.74, 6) is 0.977. The van der Waals surface area contributed by atoms with Crippen molar-refractivity contribution in [3.05, 3.63) is 137 Å². The van der Waals surface area contributed by atoms with Crippen LogP contribution in [0.3, 0.4) is 0 Å². The molecule has 0 saturated heterocycles. The van der Waals surface area contributed by atoms with E-state index >= 15 is 0 Å². The highest BCUT2D eigenvalue weighted by molar-refractivity contribution is 7.99. The van der Waals surface area contributed by atoms with Crippen LogP contribution < -0.4 is 0 Å². The van der Waals surface area contributed by atoms with Gasteiger partial charge >= 0.3 is 0 Å². The molecule has 4 rings (SSSR count). The molecule has 0 nitrogen and oxygen atoms in total. The molecule has 2 heteroatoms. The average molecular weight is 523 g/mol. The van der Waals surface area contributed by atoms with Gasteiger partial charge in [0, 0.05) is 25.9 Å². The van der Waals surface area contributed by atoms with Crippen LogP contribution >= 0.6 is 23.5 Å². The summed E-state index contributed by atoms with van der Waals surface area (Å²) in [6.45, 7) is 11.1. The van der Waals surface area contributed by atoms with Crippen molar-refractivity contribution < 1.29 is 0 Å². The molecule has 37 heavy (non-hydrogen) atoms. The highest BCUT2D eigenvalue weighted by Gasteiger charge is 2.23. The van der Waals surface area contributed by atoms with Crippen molar-refractivity contribution in [1.29, 1.82) is 0 Å². The Morgan fingerprint density at radius 2 is 1.16 bits per heavy atom. The van der Waals surface area contributed by atoms with Gasteiger partial charge in [-0.25, -0.2) is 0 Å². The first kappa shape index (κ1) is 27.4. The predicted octanol–water partition coefficient (Wildman–Crippen LogP) is 10.7. The zero-order valence-electron chi connectivity index (χ0n) is 22.8. The van der Waals surface area contributed by atoms with Crippen molar-refractivity contribution >= 4 is 23.5 Å². The Morgan fingerprint density at radius 3 is 1.68 bits per heavy atom. The minimum atomic E-state index is -0.0245.